The normalized spacial score (nSPS) is 14.5. The Hall–Kier alpha value is 0.0169. The molecule has 0 aliphatic rings. The Morgan fingerprint density at radius 3 is 2.00 bits per heavy atom. The summed E-state index contributed by atoms with van der Waals surface area (Å²) in [4.78, 5) is 0. The standard InChI is InChI=1S/C7H20N2O3Si/c1-7(9-6-5-8)13(10-2,11-3)12-4/h7,9H,5-6,8H2,1-4H3. The Morgan fingerprint density at radius 2 is 1.69 bits per heavy atom. The second kappa shape index (κ2) is 6.47. The van der Waals surface area contributed by atoms with Crippen LogP contribution in [0.4, 0.5) is 0 Å². The highest BCUT2D eigenvalue weighted by Gasteiger charge is 2.44. The molecule has 0 aromatic rings. The van der Waals surface area contributed by atoms with Gasteiger partial charge in [0.15, 0.2) is 0 Å². The molecule has 0 heterocycles. The van der Waals surface area contributed by atoms with Crippen molar-refractivity contribution in [1.29, 1.82) is 0 Å². The zero-order valence-corrected chi connectivity index (χ0v) is 9.79. The van der Waals surface area contributed by atoms with Crippen molar-refractivity contribution in [3.8, 4) is 0 Å². The average molecular weight is 208 g/mol. The van der Waals surface area contributed by atoms with E-state index in [0.29, 0.717) is 6.54 Å². The third-order valence-electron chi connectivity index (χ3n) is 1.98. The van der Waals surface area contributed by atoms with E-state index < -0.39 is 8.80 Å². The lowest BCUT2D eigenvalue weighted by atomic mass is 10.6. The lowest BCUT2D eigenvalue weighted by molar-refractivity contribution is 0.110. The van der Waals surface area contributed by atoms with Gasteiger partial charge in [0.1, 0.15) is 0 Å². The minimum absolute atomic E-state index is 0.0519. The highest BCUT2D eigenvalue weighted by Crippen LogP contribution is 2.10. The fraction of sp³-hybridized carbons (Fsp3) is 1.00. The van der Waals surface area contributed by atoms with Gasteiger partial charge < -0.3 is 24.3 Å². The third-order valence-corrected chi connectivity index (χ3v) is 4.95. The maximum atomic E-state index is 5.37. The molecule has 5 nitrogen and oxygen atoms in total. The lowest BCUT2D eigenvalue weighted by Gasteiger charge is -2.30. The van der Waals surface area contributed by atoms with Crippen molar-refractivity contribution >= 4 is 8.80 Å². The summed E-state index contributed by atoms with van der Waals surface area (Å²) < 4.78 is 15.9. The molecular formula is C7H20N2O3Si. The van der Waals surface area contributed by atoms with Gasteiger partial charge in [0.05, 0.1) is 5.67 Å². The average Bonchev–Trinajstić information content (AvgIpc) is 2.18. The van der Waals surface area contributed by atoms with Gasteiger partial charge in [-0.2, -0.15) is 0 Å². The molecule has 0 aromatic carbocycles. The van der Waals surface area contributed by atoms with Crippen LogP contribution in [0, 0.1) is 0 Å². The number of rotatable bonds is 7. The van der Waals surface area contributed by atoms with Gasteiger partial charge >= 0.3 is 8.80 Å². The van der Waals surface area contributed by atoms with Gasteiger partial charge in [0, 0.05) is 34.4 Å². The summed E-state index contributed by atoms with van der Waals surface area (Å²) >= 11 is 0. The lowest BCUT2D eigenvalue weighted by Crippen LogP contribution is -2.59. The molecule has 6 heteroatoms. The summed E-state index contributed by atoms with van der Waals surface area (Å²) in [7, 11) is 2.27. The van der Waals surface area contributed by atoms with Crippen molar-refractivity contribution in [1.82, 2.24) is 5.32 Å². The quantitative estimate of drug-likeness (QED) is 0.544. The third kappa shape index (κ3) is 3.33. The van der Waals surface area contributed by atoms with Gasteiger partial charge in [-0.15, -0.1) is 0 Å². The number of nitrogens with one attached hydrogen (secondary N) is 1. The fourth-order valence-corrected chi connectivity index (χ4v) is 3.16. The minimum Gasteiger partial charge on any atom is -0.376 e. The maximum absolute atomic E-state index is 5.37. The van der Waals surface area contributed by atoms with Crippen molar-refractivity contribution in [2.24, 2.45) is 5.73 Å². The molecule has 0 aliphatic heterocycles. The number of hydrogen-bond donors (Lipinski definition) is 2. The van der Waals surface area contributed by atoms with Crippen LogP contribution in [0.25, 0.3) is 0 Å². The summed E-state index contributed by atoms with van der Waals surface area (Å²) in [5, 5.41) is 3.19. The van der Waals surface area contributed by atoms with E-state index in [4.69, 9.17) is 19.0 Å². The first-order valence-electron chi connectivity index (χ1n) is 4.25. The first-order chi connectivity index (χ1) is 6.16. The molecule has 0 saturated carbocycles. The zero-order valence-electron chi connectivity index (χ0n) is 8.79. The largest absolute Gasteiger partial charge is 0.517 e. The molecule has 80 valence electrons. The second-order valence-corrected chi connectivity index (χ2v) is 5.98. The molecule has 0 amide bonds. The molecule has 0 bridgehead atoms. The van der Waals surface area contributed by atoms with Gasteiger partial charge in [0.25, 0.3) is 0 Å². The predicted molar refractivity (Wildman–Crippen MR) is 53.3 cm³/mol. The first-order valence-corrected chi connectivity index (χ1v) is 6.06. The van der Waals surface area contributed by atoms with Gasteiger partial charge in [-0.3, -0.25) is 0 Å². The SMILES string of the molecule is CO[Si](OC)(OC)C(C)NCCN. The van der Waals surface area contributed by atoms with Gasteiger partial charge in [-0.05, 0) is 6.92 Å². The number of nitrogens with two attached hydrogens (primary N) is 1. The molecule has 13 heavy (non-hydrogen) atoms. The summed E-state index contributed by atoms with van der Waals surface area (Å²) in [5.41, 5.74) is 5.43. The van der Waals surface area contributed by atoms with E-state index in [0.717, 1.165) is 6.54 Å². The van der Waals surface area contributed by atoms with Crippen LogP contribution in [0.2, 0.25) is 0 Å². The Labute approximate surface area is 80.9 Å². The fourth-order valence-electron chi connectivity index (χ4n) is 1.21. The molecular weight excluding hydrogens is 188 g/mol. The van der Waals surface area contributed by atoms with E-state index >= 15 is 0 Å². The highest BCUT2D eigenvalue weighted by atomic mass is 28.4. The van der Waals surface area contributed by atoms with E-state index in [9.17, 15) is 0 Å². The molecule has 1 atom stereocenters. The Balaban J connectivity index is 4.17. The van der Waals surface area contributed by atoms with Gasteiger partial charge in [0.2, 0.25) is 0 Å². The monoisotopic (exact) mass is 208 g/mol. The molecule has 3 N–H and O–H groups in total. The second-order valence-electron chi connectivity index (χ2n) is 2.68. The smallest absolute Gasteiger partial charge is 0.376 e. The molecule has 0 spiro atoms. The van der Waals surface area contributed by atoms with Crippen LogP contribution in [0.3, 0.4) is 0 Å². The summed E-state index contributed by atoms with van der Waals surface area (Å²) in [6.07, 6.45) is 0. The van der Waals surface area contributed by atoms with Crippen LogP contribution in [-0.2, 0) is 13.3 Å². The van der Waals surface area contributed by atoms with E-state index in [1.807, 2.05) is 6.92 Å². The summed E-state index contributed by atoms with van der Waals surface area (Å²) in [6.45, 7) is 3.29. The first kappa shape index (κ1) is 13.0. The number of hydrogen-bond acceptors (Lipinski definition) is 5. The van der Waals surface area contributed by atoms with E-state index in [-0.39, 0.29) is 5.67 Å². The van der Waals surface area contributed by atoms with Crippen LogP contribution in [-0.4, -0.2) is 48.9 Å². The minimum atomic E-state index is -2.52. The van der Waals surface area contributed by atoms with Crippen LogP contribution in [0.5, 0.6) is 0 Å². The van der Waals surface area contributed by atoms with Crippen molar-refractivity contribution in [2.75, 3.05) is 34.4 Å². The molecule has 0 rings (SSSR count). The van der Waals surface area contributed by atoms with E-state index in [1.165, 1.54) is 0 Å². The van der Waals surface area contributed by atoms with Crippen LogP contribution in [0.15, 0.2) is 0 Å². The van der Waals surface area contributed by atoms with Gasteiger partial charge in [-0.25, -0.2) is 0 Å². The van der Waals surface area contributed by atoms with Crippen molar-refractivity contribution in [2.45, 2.75) is 12.6 Å². The van der Waals surface area contributed by atoms with Crippen molar-refractivity contribution in [3.05, 3.63) is 0 Å². The molecule has 0 fully saturated rings. The molecule has 0 aliphatic carbocycles. The summed E-state index contributed by atoms with van der Waals surface area (Å²) in [5.74, 6) is 0. The highest BCUT2D eigenvalue weighted by molar-refractivity contribution is 6.62. The Bertz CT molecular complexity index is 125. The van der Waals surface area contributed by atoms with Crippen LogP contribution < -0.4 is 11.1 Å². The molecule has 0 aromatic heterocycles. The molecule has 0 radical (unpaired) electrons. The van der Waals surface area contributed by atoms with E-state index in [2.05, 4.69) is 5.32 Å². The van der Waals surface area contributed by atoms with Crippen molar-refractivity contribution < 1.29 is 13.3 Å². The van der Waals surface area contributed by atoms with Gasteiger partial charge in [-0.1, -0.05) is 0 Å². The maximum Gasteiger partial charge on any atom is 0.517 e. The van der Waals surface area contributed by atoms with Crippen molar-refractivity contribution in [3.63, 3.8) is 0 Å². The topological polar surface area (TPSA) is 65.7 Å². The Kier molecular flexibility index (Phi) is 6.48. The molecule has 1 unspecified atom stereocenters. The Morgan fingerprint density at radius 1 is 1.23 bits per heavy atom. The zero-order chi connectivity index (χ0) is 10.3. The van der Waals surface area contributed by atoms with Crippen LogP contribution >= 0.6 is 0 Å². The van der Waals surface area contributed by atoms with E-state index in [1.54, 1.807) is 21.3 Å². The molecule has 0 saturated heterocycles. The predicted octanol–water partition coefficient (Wildman–Crippen LogP) is -0.659. The summed E-state index contributed by atoms with van der Waals surface area (Å²) in [6, 6.07) is 0. The van der Waals surface area contributed by atoms with Crippen LogP contribution in [0.1, 0.15) is 6.92 Å².